The molecule has 0 nitrogen and oxygen atoms in total. The van der Waals surface area contributed by atoms with Crippen molar-refractivity contribution >= 4 is 0 Å². The maximum absolute atomic E-state index is 2.39. The van der Waals surface area contributed by atoms with Gasteiger partial charge in [0, 0.05) is 0 Å². The molecule has 1 unspecified atom stereocenters. The highest BCUT2D eigenvalue weighted by molar-refractivity contribution is 5.35. The van der Waals surface area contributed by atoms with Crippen LogP contribution in [0.3, 0.4) is 0 Å². The zero-order valence-electron chi connectivity index (χ0n) is 8.33. The largest absolute Gasteiger partial charge is 0.0735 e. The fraction of sp³-hybridized carbons (Fsp3) is 0.818. The van der Waals surface area contributed by atoms with Crippen LogP contribution < -0.4 is 0 Å². The van der Waals surface area contributed by atoms with Crippen molar-refractivity contribution in [1.29, 1.82) is 0 Å². The average molecular weight is 152 g/mol. The number of hydrogen-bond donors (Lipinski definition) is 0. The van der Waals surface area contributed by atoms with E-state index in [1.165, 1.54) is 25.7 Å². The van der Waals surface area contributed by atoms with E-state index in [1.807, 2.05) is 0 Å². The Morgan fingerprint density at radius 3 is 2.45 bits per heavy atom. The maximum atomic E-state index is 2.39. The number of rotatable bonds is 3. The summed E-state index contributed by atoms with van der Waals surface area (Å²) in [7, 11) is 0. The summed E-state index contributed by atoms with van der Waals surface area (Å²) in [6.07, 6.45) is 5.30. The molecule has 0 aromatic rings. The van der Waals surface area contributed by atoms with Crippen molar-refractivity contribution in [3.05, 3.63) is 11.1 Å². The smallest absolute Gasteiger partial charge is 0.00787 e. The van der Waals surface area contributed by atoms with Gasteiger partial charge in [-0.2, -0.15) is 0 Å². The molecule has 64 valence electrons. The molecule has 0 aromatic carbocycles. The molecular weight excluding hydrogens is 132 g/mol. The van der Waals surface area contributed by atoms with Gasteiger partial charge >= 0.3 is 0 Å². The second-order valence-electron chi connectivity index (χ2n) is 4.10. The molecule has 1 atom stereocenters. The van der Waals surface area contributed by atoms with Crippen molar-refractivity contribution < 1.29 is 0 Å². The van der Waals surface area contributed by atoms with E-state index >= 15 is 0 Å². The van der Waals surface area contributed by atoms with Crippen LogP contribution in [-0.2, 0) is 0 Å². The first-order valence-corrected chi connectivity index (χ1v) is 4.83. The number of hydrogen-bond acceptors (Lipinski definition) is 0. The zero-order chi connectivity index (χ0) is 8.48. The van der Waals surface area contributed by atoms with Gasteiger partial charge in [0.05, 0.1) is 0 Å². The first kappa shape index (κ1) is 8.83. The van der Waals surface area contributed by atoms with Crippen molar-refractivity contribution in [2.75, 3.05) is 0 Å². The molecule has 0 aromatic heterocycles. The molecule has 0 saturated heterocycles. The van der Waals surface area contributed by atoms with Crippen LogP contribution in [0.25, 0.3) is 0 Å². The van der Waals surface area contributed by atoms with Crippen LogP contribution in [0.5, 0.6) is 0 Å². The third-order valence-electron chi connectivity index (χ3n) is 3.09. The van der Waals surface area contributed by atoms with E-state index in [1.54, 1.807) is 11.1 Å². The lowest BCUT2D eigenvalue weighted by molar-refractivity contribution is 0.577. The Bertz CT molecular complexity index is 176. The van der Waals surface area contributed by atoms with Gasteiger partial charge in [0.25, 0.3) is 0 Å². The molecule has 1 fully saturated rings. The zero-order valence-corrected chi connectivity index (χ0v) is 8.33. The van der Waals surface area contributed by atoms with Gasteiger partial charge in [-0.05, 0) is 31.6 Å². The molecule has 0 N–H and O–H groups in total. The van der Waals surface area contributed by atoms with E-state index in [0.29, 0.717) is 5.41 Å². The highest BCUT2D eigenvalue weighted by atomic mass is 14.5. The molecule has 0 amide bonds. The van der Waals surface area contributed by atoms with Gasteiger partial charge in [0.15, 0.2) is 0 Å². The van der Waals surface area contributed by atoms with E-state index in [-0.39, 0.29) is 0 Å². The lowest BCUT2D eigenvalue weighted by atomic mass is 10.0. The summed E-state index contributed by atoms with van der Waals surface area (Å²) in [6.45, 7) is 9.25. The van der Waals surface area contributed by atoms with Crippen LogP contribution >= 0.6 is 0 Å². The minimum absolute atomic E-state index is 0.610. The SMILES string of the molecule is CCCC(C)=C1CC1(C)CC. The van der Waals surface area contributed by atoms with Crippen LogP contribution in [0.2, 0.25) is 0 Å². The molecule has 1 aliphatic rings. The van der Waals surface area contributed by atoms with Crippen LogP contribution in [0.4, 0.5) is 0 Å². The third kappa shape index (κ3) is 1.66. The van der Waals surface area contributed by atoms with E-state index in [2.05, 4.69) is 27.7 Å². The van der Waals surface area contributed by atoms with Crippen molar-refractivity contribution in [2.24, 2.45) is 5.41 Å². The van der Waals surface area contributed by atoms with Gasteiger partial charge in [0.1, 0.15) is 0 Å². The summed E-state index contributed by atoms with van der Waals surface area (Å²) in [4.78, 5) is 0. The fourth-order valence-electron chi connectivity index (χ4n) is 1.88. The molecule has 0 spiro atoms. The minimum atomic E-state index is 0.610. The van der Waals surface area contributed by atoms with Crippen molar-refractivity contribution in [3.8, 4) is 0 Å². The minimum Gasteiger partial charge on any atom is -0.0735 e. The van der Waals surface area contributed by atoms with E-state index in [9.17, 15) is 0 Å². The lowest BCUT2D eigenvalue weighted by Gasteiger charge is -2.03. The first-order chi connectivity index (χ1) is 5.14. The molecule has 0 radical (unpaired) electrons. The Balaban J connectivity index is 2.57. The third-order valence-corrected chi connectivity index (χ3v) is 3.09. The van der Waals surface area contributed by atoms with Crippen LogP contribution in [0, 0.1) is 5.41 Å². The molecule has 1 aliphatic carbocycles. The second kappa shape index (κ2) is 3.00. The van der Waals surface area contributed by atoms with Crippen LogP contribution in [0.1, 0.15) is 53.4 Å². The standard InChI is InChI=1S/C11H20/c1-5-7-9(3)10-8-11(10,4)6-2/h5-8H2,1-4H3. The summed E-state index contributed by atoms with van der Waals surface area (Å²) >= 11 is 0. The molecule has 1 rings (SSSR count). The van der Waals surface area contributed by atoms with Gasteiger partial charge in [-0.3, -0.25) is 0 Å². The monoisotopic (exact) mass is 152 g/mol. The van der Waals surface area contributed by atoms with Crippen molar-refractivity contribution in [2.45, 2.75) is 53.4 Å². The normalized spacial score (nSPS) is 33.8. The number of allylic oxidation sites excluding steroid dienone is 2. The topological polar surface area (TPSA) is 0 Å². The Morgan fingerprint density at radius 2 is 2.09 bits per heavy atom. The van der Waals surface area contributed by atoms with Crippen molar-refractivity contribution in [3.63, 3.8) is 0 Å². The fourth-order valence-corrected chi connectivity index (χ4v) is 1.88. The van der Waals surface area contributed by atoms with Gasteiger partial charge in [-0.25, -0.2) is 0 Å². The van der Waals surface area contributed by atoms with Crippen LogP contribution in [0.15, 0.2) is 11.1 Å². The summed E-state index contributed by atoms with van der Waals surface area (Å²) in [5.74, 6) is 0. The summed E-state index contributed by atoms with van der Waals surface area (Å²) in [5, 5.41) is 0. The Labute approximate surface area is 70.7 Å². The van der Waals surface area contributed by atoms with Gasteiger partial charge < -0.3 is 0 Å². The Kier molecular flexibility index (Phi) is 2.41. The first-order valence-electron chi connectivity index (χ1n) is 4.83. The second-order valence-corrected chi connectivity index (χ2v) is 4.10. The van der Waals surface area contributed by atoms with Gasteiger partial charge in [0.2, 0.25) is 0 Å². The molecule has 0 bridgehead atoms. The summed E-state index contributed by atoms with van der Waals surface area (Å²) in [5.41, 5.74) is 4.03. The molecule has 0 heteroatoms. The molecule has 11 heavy (non-hydrogen) atoms. The Hall–Kier alpha value is -0.260. The summed E-state index contributed by atoms with van der Waals surface area (Å²) in [6, 6.07) is 0. The lowest BCUT2D eigenvalue weighted by Crippen LogP contribution is -1.89. The molecule has 0 aliphatic heterocycles. The average Bonchev–Trinajstić information content (AvgIpc) is 2.65. The molecule has 1 saturated carbocycles. The molecular formula is C11H20. The van der Waals surface area contributed by atoms with Gasteiger partial charge in [-0.15, -0.1) is 0 Å². The van der Waals surface area contributed by atoms with E-state index in [4.69, 9.17) is 0 Å². The highest BCUT2D eigenvalue weighted by Gasteiger charge is 2.42. The van der Waals surface area contributed by atoms with E-state index < -0.39 is 0 Å². The summed E-state index contributed by atoms with van der Waals surface area (Å²) < 4.78 is 0. The maximum Gasteiger partial charge on any atom is -0.00787 e. The predicted octanol–water partition coefficient (Wildman–Crippen LogP) is 3.92. The van der Waals surface area contributed by atoms with Crippen molar-refractivity contribution in [1.82, 2.24) is 0 Å². The van der Waals surface area contributed by atoms with Gasteiger partial charge in [-0.1, -0.05) is 38.3 Å². The van der Waals surface area contributed by atoms with Crippen LogP contribution in [-0.4, -0.2) is 0 Å². The highest BCUT2D eigenvalue weighted by Crippen LogP contribution is 2.56. The quantitative estimate of drug-likeness (QED) is 0.538. The Morgan fingerprint density at radius 1 is 1.45 bits per heavy atom. The predicted molar refractivity (Wildman–Crippen MR) is 50.6 cm³/mol. The molecule has 0 heterocycles. The van der Waals surface area contributed by atoms with E-state index in [0.717, 1.165) is 0 Å².